The highest BCUT2D eigenvalue weighted by molar-refractivity contribution is 5.44. The number of rotatable bonds is 0. The van der Waals surface area contributed by atoms with E-state index in [0.717, 1.165) is 11.3 Å². The molecule has 0 saturated heterocycles. The number of aryl methyl sites for hydroxylation is 1. The van der Waals surface area contributed by atoms with Gasteiger partial charge in [0.1, 0.15) is 5.82 Å². The molecule has 0 amide bonds. The largest absolute Gasteiger partial charge is 0.399 e. The van der Waals surface area contributed by atoms with Crippen LogP contribution in [-0.2, 0) is 0 Å². The van der Waals surface area contributed by atoms with Crippen LogP contribution in [-0.4, -0.2) is 0 Å². The van der Waals surface area contributed by atoms with E-state index in [0.29, 0.717) is 5.69 Å². The minimum atomic E-state index is -0.251. The molecule has 3 heteroatoms. The van der Waals surface area contributed by atoms with Gasteiger partial charge in [-0.2, -0.15) is 0 Å². The summed E-state index contributed by atoms with van der Waals surface area (Å²) in [5, 5.41) is 0. The highest BCUT2D eigenvalue weighted by atomic mass is 19.1. The molecule has 84 valence electrons. The summed E-state index contributed by atoms with van der Waals surface area (Å²) in [5.41, 5.74) is 13.4. The quantitative estimate of drug-likeness (QED) is 0.668. The summed E-state index contributed by atoms with van der Waals surface area (Å²) in [6, 6.07) is 13.5. The first-order chi connectivity index (χ1) is 7.59. The molecule has 2 aromatic carbocycles. The minimum absolute atomic E-state index is 0.251. The van der Waals surface area contributed by atoms with Crippen LogP contribution in [0.3, 0.4) is 0 Å². The van der Waals surface area contributed by atoms with E-state index in [-0.39, 0.29) is 5.82 Å². The average molecular weight is 218 g/mol. The zero-order chi connectivity index (χ0) is 12.0. The van der Waals surface area contributed by atoms with Crippen LogP contribution < -0.4 is 11.5 Å². The van der Waals surface area contributed by atoms with E-state index in [1.54, 1.807) is 0 Å². The van der Waals surface area contributed by atoms with Gasteiger partial charge in [-0.25, -0.2) is 4.39 Å². The summed E-state index contributed by atoms with van der Waals surface area (Å²) < 4.78 is 12.0. The Morgan fingerprint density at radius 1 is 0.875 bits per heavy atom. The van der Waals surface area contributed by atoms with E-state index in [1.807, 2.05) is 31.2 Å². The first-order valence-electron chi connectivity index (χ1n) is 4.92. The molecule has 2 rings (SSSR count). The van der Waals surface area contributed by atoms with E-state index < -0.39 is 0 Å². The molecule has 0 saturated carbocycles. The molecular weight excluding hydrogens is 203 g/mol. The van der Waals surface area contributed by atoms with Crippen molar-refractivity contribution >= 4 is 11.4 Å². The van der Waals surface area contributed by atoms with Crippen molar-refractivity contribution in [2.24, 2.45) is 0 Å². The topological polar surface area (TPSA) is 52.0 Å². The molecule has 0 fully saturated rings. The number of anilines is 2. The zero-order valence-corrected chi connectivity index (χ0v) is 9.15. The Kier molecular flexibility index (Phi) is 4.33. The van der Waals surface area contributed by atoms with E-state index in [1.165, 1.54) is 24.3 Å². The number of nitrogen functional groups attached to an aromatic ring is 2. The Hall–Kier alpha value is -2.03. The lowest BCUT2D eigenvalue weighted by Gasteiger charge is -1.93. The standard InChI is InChI=1S/C7H9N.C6H6FN/c1-6-4-2-3-5-7(6)8;7-5-1-3-6(8)4-2-5/h2-5H,8H2,1H3;1-4H,8H2. The molecule has 16 heavy (non-hydrogen) atoms. The molecule has 0 aromatic heterocycles. The molecule has 0 bridgehead atoms. The van der Waals surface area contributed by atoms with E-state index in [2.05, 4.69) is 0 Å². The molecule has 2 aromatic rings. The fraction of sp³-hybridized carbons (Fsp3) is 0.0769. The minimum Gasteiger partial charge on any atom is -0.399 e. The first kappa shape index (κ1) is 12.0. The Bertz CT molecular complexity index is 396. The van der Waals surface area contributed by atoms with Crippen molar-refractivity contribution in [3.63, 3.8) is 0 Å². The molecular formula is C13H15FN2. The van der Waals surface area contributed by atoms with Crippen molar-refractivity contribution < 1.29 is 4.39 Å². The first-order valence-corrected chi connectivity index (χ1v) is 4.92. The number of benzene rings is 2. The monoisotopic (exact) mass is 218 g/mol. The summed E-state index contributed by atoms with van der Waals surface area (Å²) in [5.74, 6) is -0.251. The lowest BCUT2D eigenvalue weighted by molar-refractivity contribution is 0.628. The van der Waals surface area contributed by atoms with Gasteiger partial charge >= 0.3 is 0 Å². The molecule has 0 aliphatic rings. The van der Waals surface area contributed by atoms with Crippen molar-refractivity contribution in [3.8, 4) is 0 Å². The van der Waals surface area contributed by atoms with Crippen molar-refractivity contribution in [1.29, 1.82) is 0 Å². The van der Waals surface area contributed by atoms with Crippen molar-refractivity contribution in [2.75, 3.05) is 11.5 Å². The van der Waals surface area contributed by atoms with Gasteiger partial charge in [0.2, 0.25) is 0 Å². The third-order valence-corrected chi connectivity index (χ3v) is 2.06. The van der Waals surface area contributed by atoms with Crippen LogP contribution in [0, 0.1) is 12.7 Å². The molecule has 0 spiro atoms. The maximum Gasteiger partial charge on any atom is 0.123 e. The van der Waals surface area contributed by atoms with Gasteiger partial charge in [0, 0.05) is 11.4 Å². The molecule has 0 aliphatic heterocycles. The maximum atomic E-state index is 12.0. The van der Waals surface area contributed by atoms with Crippen LogP contribution in [0.1, 0.15) is 5.56 Å². The van der Waals surface area contributed by atoms with E-state index in [9.17, 15) is 4.39 Å². The summed E-state index contributed by atoms with van der Waals surface area (Å²) in [7, 11) is 0. The summed E-state index contributed by atoms with van der Waals surface area (Å²) in [6.07, 6.45) is 0. The third-order valence-electron chi connectivity index (χ3n) is 2.06. The van der Waals surface area contributed by atoms with Crippen molar-refractivity contribution in [3.05, 3.63) is 59.9 Å². The van der Waals surface area contributed by atoms with Gasteiger partial charge in [-0.1, -0.05) is 18.2 Å². The lowest BCUT2D eigenvalue weighted by Crippen LogP contribution is -1.85. The predicted octanol–water partition coefficient (Wildman–Crippen LogP) is 2.99. The average Bonchev–Trinajstić information content (AvgIpc) is 2.28. The normalized spacial score (nSPS) is 9.12. The molecule has 0 atom stereocenters. The van der Waals surface area contributed by atoms with Gasteiger partial charge in [0.15, 0.2) is 0 Å². The zero-order valence-electron chi connectivity index (χ0n) is 9.15. The molecule has 0 heterocycles. The maximum absolute atomic E-state index is 12.0. The Morgan fingerprint density at radius 2 is 1.44 bits per heavy atom. The second kappa shape index (κ2) is 5.75. The van der Waals surface area contributed by atoms with Gasteiger partial charge in [-0.3, -0.25) is 0 Å². The fourth-order valence-electron chi connectivity index (χ4n) is 1.05. The molecule has 2 nitrogen and oxygen atoms in total. The van der Waals surface area contributed by atoms with Gasteiger partial charge in [-0.15, -0.1) is 0 Å². The molecule has 4 N–H and O–H groups in total. The van der Waals surface area contributed by atoms with Gasteiger partial charge in [0.25, 0.3) is 0 Å². The third kappa shape index (κ3) is 4.00. The van der Waals surface area contributed by atoms with Crippen molar-refractivity contribution in [2.45, 2.75) is 6.92 Å². The predicted molar refractivity (Wildman–Crippen MR) is 66.4 cm³/mol. The summed E-state index contributed by atoms with van der Waals surface area (Å²) in [4.78, 5) is 0. The highest BCUT2D eigenvalue weighted by Crippen LogP contribution is 2.06. The van der Waals surface area contributed by atoms with E-state index >= 15 is 0 Å². The Balaban J connectivity index is 0.000000160. The number of nitrogens with two attached hydrogens (primary N) is 2. The number of halogens is 1. The Morgan fingerprint density at radius 3 is 1.81 bits per heavy atom. The van der Waals surface area contributed by atoms with Crippen LogP contribution in [0.25, 0.3) is 0 Å². The van der Waals surface area contributed by atoms with Gasteiger partial charge in [-0.05, 0) is 42.8 Å². The van der Waals surface area contributed by atoms with Crippen LogP contribution in [0.2, 0.25) is 0 Å². The second-order valence-electron chi connectivity index (χ2n) is 3.41. The summed E-state index contributed by atoms with van der Waals surface area (Å²) in [6.45, 7) is 2.00. The van der Waals surface area contributed by atoms with Crippen LogP contribution in [0.15, 0.2) is 48.5 Å². The van der Waals surface area contributed by atoms with E-state index in [4.69, 9.17) is 11.5 Å². The van der Waals surface area contributed by atoms with Gasteiger partial charge < -0.3 is 11.5 Å². The number of hydrogen-bond acceptors (Lipinski definition) is 2. The van der Waals surface area contributed by atoms with Crippen molar-refractivity contribution in [1.82, 2.24) is 0 Å². The van der Waals surface area contributed by atoms with Crippen LogP contribution in [0.5, 0.6) is 0 Å². The van der Waals surface area contributed by atoms with Crippen LogP contribution >= 0.6 is 0 Å². The van der Waals surface area contributed by atoms with Gasteiger partial charge in [0.05, 0.1) is 0 Å². The summed E-state index contributed by atoms with van der Waals surface area (Å²) >= 11 is 0. The second-order valence-corrected chi connectivity index (χ2v) is 3.41. The molecule has 0 aliphatic carbocycles. The SMILES string of the molecule is Cc1ccccc1N.Nc1ccc(F)cc1. The lowest BCUT2D eigenvalue weighted by atomic mass is 10.2. The molecule has 0 radical (unpaired) electrons. The highest BCUT2D eigenvalue weighted by Gasteiger charge is 1.85. The number of para-hydroxylation sites is 1. The molecule has 0 unspecified atom stereocenters. The smallest absolute Gasteiger partial charge is 0.123 e. The fourth-order valence-corrected chi connectivity index (χ4v) is 1.05. The Labute approximate surface area is 94.7 Å². The van der Waals surface area contributed by atoms with Crippen LogP contribution in [0.4, 0.5) is 15.8 Å². The number of hydrogen-bond donors (Lipinski definition) is 2.